The van der Waals surface area contributed by atoms with Crippen molar-refractivity contribution in [3.63, 3.8) is 0 Å². The molecule has 2 N–H and O–H groups in total. The van der Waals surface area contributed by atoms with Gasteiger partial charge in [0.1, 0.15) is 0 Å². The lowest BCUT2D eigenvalue weighted by Gasteiger charge is -2.56. The third-order valence-electron chi connectivity index (χ3n) is 5.91. The highest BCUT2D eigenvalue weighted by molar-refractivity contribution is 7.80. The molecule has 1 aromatic heterocycles. The van der Waals surface area contributed by atoms with Gasteiger partial charge in [-0.3, -0.25) is 4.68 Å². The first-order valence-electron chi connectivity index (χ1n) is 8.77. The first kappa shape index (κ1) is 15.4. The number of rotatable bonds is 5. The van der Waals surface area contributed by atoms with Crippen molar-refractivity contribution in [3.8, 4) is 0 Å². The molecule has 4 bridgehead atoms. The van der Waals surface area contributed by atoms with Crippen molar-refractivity contribution in [1.29, 1.82) is 0 Å². The molecular weight excluding hydrogens is 308 g/mol. The Hall–Kier alpha value is -1.14. The fourth-order valence-electron chi connectivity index (χ4n) is 5.43. The summed E-state index contributed by atoms with van der Waals surface area (Å²) in [6, 6.07) is 2.04. The van der Waals surface area contributed by atoms with Gasteiger partial charge in [0.15, 0.2) is 10.9 Å². The number of ether oxygens (including phenoxy) is 1. The average molecular weight is 334 g/mol. The summed E-state index contributed by atoms with van der Waals surface area (Å²) < 4.78 is 7.26. The van der Waals surface area contributed by atoms with Gasteiger partial charge in [-0.1, -0.05) is 0 Å². The minimum Gasteiger partial charge on any atom is -0.383 e. The molecule has 0 saturated heterocycles. The van der Waals surface area contributed by atoms with E-state index in [1.165, 1.54) is 38.5 Å². The number of anilines is 1. The van der Waals surface area contributed by atoms with Crippen molar-refractivity contribution in [1.82, 2.24) is 15.1 Å². The summed E-state index contributed by atoms with van der Waals surface area (Å²) >= 11 is 5.30. The molecule has 0 radical (unpaired) electrons. The number of nitrogens with zero attached hydrogens (tertiary/aromatic N) is 2. The van der Waals surface area contributed by atoms with E-state index in [1.54, 1.807) is 7.11 Å². The van der Waals surface area contributed by atoms with E-state index in [-0.39, 0.29) is 5.54 Å². The highest BCUT2D eigenvalue weighted by Gasteiger charge is 2.52. The zero-order valence-corrected chi connectivity index (χ0v) is 14.6. The van der Waals surface area contributed by atoms with Gasteiger partial charge < -0.3 is 15.4 Å². The number of hydrogen-bond donors (Lipinski definition) is 2. The van der Waals surface area contributed by atoms with Crippen LogP contribution in [0.3, 0.4) is 0 Å². The standard InChI is InChI=1S/C17H26N4OS/c1-22-5-3-18-16(23)19-15-2-4-21(20-15)17-9-12-6-13(10-17)8-14(7-12)11-17/h2,4,12-14H,3,5-11H2,1H3,(H2,18,19,20,23). The van der Waals surface area contributed by atoms with Gasteiger partial charge in [0.2, 0.25) is 0 Å². The lowest BCUT2D eigenvalue weighted by Crippen LogP contribution is -2.52. The Morgan fingerprint density at radius 1 is 1.30 bits per heavy atom. The number of methoxy groups -OCH3 is 1. The quantitative estimate of drug-likeness (QED) is 0.640. The Bertz CT molecular complexity index is 550. The second-order valence-electron chi connectivity index (χ2n) is 7.66. The molecule has 126 valence electrons. The maximum absolute atomic E-state index is 5.30. The van der Waals surface area contributed by atoms with Gasteiger partial charge >= 0.3 is 0 Å². The van der Waals surface area contributed by atoms with Crippen molar-refractivity contribution < 1.29 is 4.74 Å². The van der Waals surface area contributed by atoms with E-state index < -0.39 is 0 Å². The number of aromatic nitrogens is 2. The third-order valence-corrected chi connectivity index (χ3v) is 6.16. The van der Waals surface area contributed by atoms with Gasteiger partial charge in [0.25, 0.3) is 0 Å². The van der Waals surface area contributed by atoms with Crippen molar-refractivity contribution in [2.24, 2.45) is 17.8 Å². The largest absolute Gasteiger partial charge is 0.383 e. The molecule has 0 aliphatic heterocycles. The molecule has 4 aliphatic carbocycles. The first-order chi connectivity index (χ1) is 11.2. The van der Waals surface area contributed by atoms with Crippen molar-refractivity contribution in [2.75, 3.05) is 25.6 Å². The van der Waals surface area contributed by atoms with E-state index in [0.29, 0.717) is 18.3 Å². The van der Waals surface area contributed by atoms with E-state index in [9.17, 15) is 0 Å². The minimum atomic E-state index is 0.278. The van der Waals surface area contributed by atoms with Gasteiger partial charge in [-0.25, -0.2) is 0 Å². The van der Waals surface area contributed by atoms with Gasteiger partial charge in [-0.05, 0) is 68.5 Å². The third kappa shape index (κ3) is 2.98. The minimum absolute atomic E-state index is 0.278. The molecule has 0 spiro atoms. The van der Waals surface area contributed by atoms with Crippen LogP contribution in [0.2, 0.25) is 0 Å². The van der Waals surface area contributed by atoms with Gasteiger partial charge in [-0.15, -0.1) is 0 Å². The van der Waals surface area contributed by atoms with E-state index in [0.717, 1.165) is 23.6 Å². The van der Waals surface area contributed by atoms with Crippen LogP contribution in [-0.4, -0.2) is 35.2 Å². The van der Waals surface area contributed by atoms with Crippen LogP contribution in [0.5, 0.6) is 0 Å². The predicted molar refractivity (Wildman–Crippen MR) is 94.5 cm³/mol. The van der Waals surface area contributed by atoms with Crippen molar-refractivity contribution in [3.05, 3.63) is 12.3 Å². The molecule has 4 aliphatic rings. The summed E-state index contributed by atoms with van der Waals surface area (Å²) in [6.45, 7) is 1.35. The fraction of sp³-hybridized carbons (Fsp3) is 0.765. The van der Waals surface area contributed by atoms with E-state index in [4.69, 9.17) is 22.1 Å². The lowest BCUT2D eigenvalue weighted by molar-refractivity contribution is -0.0492. The van der Waals surface area contributed by atoms with Crippen LogP contribution < -0.4 is 10.6 Å². The molecule has 0 atom stereocenters. The maximum atomic E-state index is 5.30. The smallest absolute Gasteiger partial charge is 0.172 e. The molecule has 1 heterocycles. The average Bonchev–Trinajstić information content (AvgIpc) is 2.95. The highest BCUT2D eigenvalue weighted by atomic mass is 32.1. The SMILES string of the molecule is COCCNC(=S)Nc1ccn(C23CC4CC(CC(C4)C2)C3)n1. The van der Waals surface area contributed by atoms with Crippen molar-refractivity contribution >= 4 is 23.1 Å². The zero-order valence-electron chi connectivity index (χ0n) is 13.8. The van der Waals surface area contributed by atoms with Crippen LogP contribution in [0.1, 0.15) is 38.5 Å². The van der Waals surface area contributed by atoms with Gasteiger partial charge in [0.05, 0.1) is 12.1 Å². The molecule has 6 heteroatoms. The fourth-order valence-corrected chi connectivity index (χ4v) is 5.63. The first-order valence-corrected chi connectivity index (χ1v) is 9.18. The normalized spacial score (nSPS) is 34.6. The maximum Gasteiger partial charge on any atom is 0.172 e. The monoisotopic (exact) mass is 334 g/mol. The molecule has 0 amide bonds. The number of hydrogen-bond acceptors (Lipinski definition) is 3. The summed E-state index contributed by atoms with van der Waals surface area (Å²) in [5, 5.41) is 11.7. The lowest BCUT2D eigenvalue weighted by atomic mass is 9.53. The van der Waals surface area contributed by atoms with Crippen molar-refractivity contribution in [2.45, 2.75) is 44.1 Å². The molecule has 5 rings (SSSR count). The summed E-state index contributed by atoms with van der Waals surface area (Å²) in [4.78, 5) is 0. The van der Waals surface area contributed by atoms with Crippen LogP contribution in [0, 0.1) is 17.8 Å². The van der Waals surface area contributed by atoms with E-state index in [1.807, 2.05) is 6.07 Å². The summed E-state index contributed by atoms with van der Waals surface area (Å²) in [6.07, 6.45) is 10.5. The number of thiocarbonyl (C=S) groups is 1. The Kier molecular flexibility index (Phi) is 4.05. The van der Waals surface area contributed by atoms with Gasteiger partial charge in [0, 0.05) is 25.9 Å². The Morgan fingerprint density at radius 2 is 1.96 bits per heavy atom. The van der Waals surface area contributed by atoms with E-state index in [2.05, 4.69) is 21.5 Å². The zero-order chi connectivity index (χ0) is 15.9. The van der Waals surface area contributed by atoms with Crippen LogP contribution in [-0.2, 0) is 10.3 Å². The topological polar surface area (TPSA) is 51.1 Å². The summed E-state index contributed by atoms with van der Waals surface area (Å²) in [5.74, 6) is 3.63. The molecule has 23 heavy (non-hydrogen) atoms. The van der Waals surface area contributed by atoms with Gasteiger partial charge in [-0.2, -0.15) is 5.10 Å². The Morgan fingerprint density at radius 3 is 2.57 bits per heavy atom. The highest BCUT2D eigenvalue weighted by Crippen LogP contribution is 2.58. The van der Waals surface area contributed by atoms with Crippen LogP contribution in [0.4, 0.5) is 5.82 Å². The Labute approximate surface area is 143 Å². The second kappa shape index (κ2) is 6.06. The molecular formula is C17H26N4OS. The summed E-state index contributed by atoms with van der Waals surface area (Å²) in [5.41, 5.74) is 0.278. The molecule has 4 saturated carbocycles. The molecule has 5 nitrogen and oxygen atoms in total. The van der Waals surface area contributed by atoms with E-state index >= 15 is 0 Å². The Balaban J connectivity index is 1.43. The molecule has 1 aromatic rings. The molecule has 0 unspecified atom stereocenters. The molecule has 4 fully saturated rings. The summed E-state index contributed by atoms with van der Waals surface area (Å²) in [7, 11) is 1.69. The second-order valence-corrected chi connectivity index (χ2v) is 8.07. The number of nitrogens with one attached hydrogen (secondary N) is 2. The predicted octanol–water partition coefficient (Wildman–Crippen LogP) is 2.74. The van der Waals surface area contributed by atoms with Crippen LogP contribution in [0.25, 0.3) is 0 Å². The molecule has 0 aromatic carbocycles. The van der Waals surface area contributed by atoms with Crippen LogP contribution in [0.15, 0.2) is 12.3 Å². The van der Waals surface area contributed by atoms with Crippen LogP contribution >= 0.6 is 12.2 Å².